The summed E-state index contributed by atoms with van der Waals surface area (Å²) in [5.74, 6) is -2.50. The van der Waals surface area contributed by atoms with Gasteiger partial charge in [0.15, 0.2) is 15.6 Å². The normalized spacial score (nSPS) is 21.9. The van der Waals surface area contributed by atoms with Crippen molar-refractivity contribution < 1.29 is 24.7 Å². The number of rotatable bonds is 7. The molecule has 14 nitrogen and oxygen atoms in total. The second-order valence-corrected chi connectivity index (χ2v) is 10.5. The van der Waals surface area contributed by atoms with Gasteiger partial charge in [0.05, 0.1) is 23.8 Å². The van der Waals surface area contributed by atoms with E-state index < -0.39 is 22.1 Å². The Hall–Kier alpha value is -3.70. The molecule has 1 fully saturated rings. The molecule has 5 heterocycles. The molecule has 180 valence electrons. The Balaban J connectivity index is 1.67. The van der Waals surface area contributed by atoms with Crippen LogP contribution in [-0.4, -0.2) is 75.3 Å². The summed E-state index contributed by atoms with van der Waals surface area (Å²) in [4.78, 5) is 56.9. The van der Waals surface area contributed by atoms with Crippen LogP contribution in [0.15, 0.2) is 39.5 Å². The highest BCUT2D eigenvalue weighted by molar-refractivity contribution is 8.01. The van der Waals surface area contributed by atoms with Crippen LogP contribution in [0.3, 0.4) is 0 Å². The number of carboxylic acids is 1. The second-order valence-electron chi connectivity index (χ2n) is 7.23. The van der Waals surface area contributed by atoms with Gasteiger partial charge in [0.25, 0.3) is 5.91 Å². The number of hydrogen-bond acceptors (Lipinski definition) is 13. The standard InChI is InChI=1S/C18H15N9O5S3/c19-17-25-8(4-34-17)18(26-9(28)2-24-32)7(13(16(30)31)27-10(29)1-11(27)35-18)3-33-15-12-14(21-5-20-12)22-6-23-15/h2,4-6,11,32H,1,3H2,(H2,19,25)(H,26,28)(H,30,31)(H,20,21,22,23)/b24-2+/t11-,18?/m1/s1. The SMILES string of the molecule is Nc1nc(C2(NC(=O)/C=N/O)S[C@@H]3CC(=O)N3C(C(=O)O)=C2CSc2ncnc3nc[nH]c23)cs1. The van der Waals surface area contributed by atoms with E-state index in [1.54, 1.807) is 5.38 Å². The number of oxime groups is 1. The molecular formula is C18H15N9O5S3. The number of H-pyrrole nitrogens is 1. The number of fused-ring (bicyclic) bond motifs is 2. The van der Waals surface area contributed by atoms with Crippen LogP contribution in [0.2, 0.25) is 0 Å². The Kier molecular flexibility index (Phi) is 5.81. The molecule has 3 aromatic rings. The van der Waals surface area contributed by atoms with Gasteiger partial charge in [-0.2, -0.15) is 0 Å². The van der Waals surface area contributed by atoms with Crippen LogP contribution < -0.4 is 11.1 Å². The number of carbonyl (C=O) groups is 3. The zero-order chi connectivity index (χ0) is 24.7. The van der Waals surface area contributed by atoms with Crippen LogP contribution >= 0.6 is 34.9 Å². The zero-order valence-corrected chi connectivity index (χ0v) is 19.9. The minimum atomic E-state index is -1.52. The van der Waals surface area contributed by atoms with E-state index in [4.69, 9.17) is 10.9 Å². The number of aromatic nitrogens is 5. The van der Waals surface area contributed by atoms with Gasteiger partial charge in [0, 0.05) is 16.7 Å². The van der Waals surface area contributed by atoms with Crippen molar-refractivity contribution in [1.82, 2.24) is 35.1 Å². The van der Waals surface area contributed by atoms with E-state index in [0.29, 0.717) is 22.4 Å². The number of nitrogen functional groups attached to an aromatic ring is 1. The number of nitrogens with zero attached hydrogens (tertiary/aromatic N) is 6. The Morgan fingerprint density at radius 1 is 1.43 bits per heavy atom. The van der Waals surface area contributed by atoms with Crippen LogP contribution in [0.4, 0.5) is 5.13 Å². The van der Waals surface area contributed by atoms with Crippen LogP contribution in [-0.2, 0) is 19.3 Å². The lowest BCUT2D eigenvalue weighted by atomic mass is 9.98. The summed E-state index contributed by atoms with van der Waals surface area (Å²) in [6.45, 7) is 0. The van der Waals surface area contributed by atoms with Gasteiger partial charge in [0.2, 0.25) is 5.91 Å². The molecule has 0 bridgehead atoms. The molecule has 1 saturated heterocycles. The third-order valence-electron chi connectivity index (χ3n) is 5.27. The number of thiazole rings is 1. The Morgan fingerprint density at radius 2 is 2.26 bits per heavy atom. The molecule has 0 aliphatic carbocycles. The molecule has 6 N–H and O–H groups in total. The van der Waals surface area contributed by atoms with E-state index in [-0.39, 0.29) is 40.2 Å². The zero-order valence-electron chi connectivity index (χ0n) is 17.4. The number of amides is 2. The van der Waals surface area contributed by atoms with Crippen LogP contribution in [0.25, 0.3) is 11.2 Å². The van der Waals surface area contributed by atoms with E-state index in [1.165, 1.54) is 29.3 Å². The van der Waals surface area contributed by atoms with Crippen molar-refractivity contribution in [2.75, 3.05) is 11.5 Å². The number of carboxylic acid groups (broad SMARTS) is 1. The van der Waals surface area contributed by atoms with Crippen LogP contribution in [0, 0.1) is 0 Å². The number of imidazole rings is 1. The lowest BCUT2D eigenvalue weighted by Crippen LogP contribution is -2.61. The van der Waals surface area contributed by atoms with E-state index in [1.807, 2.05) is 0 Å². The van der Waals surface area contributed by atoms with Crippen molar-refractivity contribution >= 4 is 75.2 Å². The van der Waals surface area contributed by atoms with Gasteiger partial charge in [-0.25, -0.2) is 24.7 Å². The predicted octanol–water partition coefficient (Wildman–Crippen LogP) is 0.557. The first kappa shape index (κ1) is 23.1. The highest BCUT2D eigenvalue weighted by atomic mass is 32.2. The first-order valence-electron chi connectivity index (χ1n) is 9.78. The molecule has 35 heavy (non-hydrogen) atoms. The summed E-state index contributed by atoms with van der Waals surface area (Å²) < 4.78 is 0. The van der Waals surface area contributed by atoms with Gasteiger partial charge >= 0.3 is 5.97 Å². The summed E-state index contributed by atoms with van der Waals surface area (Å²) in [6, 6.07) is 0. The number of aliphatic carboxylic acids is 1. The average Bonchev–Trinajstić information content (AvgIpc) is 3.47. The Morgan fingerprint density at radius 3 is 2.94 bits per heavy atom. The number of hydrogen-bond donors (Lipinski definition) is 5. The van der Waals surface area contributed by atoms with E-state index in [0.717, 1.165) is 23.1 Å². The van der Waals surface area contributed by atoms with E-state index in [2.05, 4.69) is 35.4 Å². The highest BCUT2D eigenvalue weighted by Crippen LogP contribution is 2.55. The molecule has 3 aromatic heterocycles. The van der Waals surface area contributed by atoms with Crippen molar-refractivity contribution in [2.24, 2.45) is 5.16 Å². The fourth-order valence-corrected chi connectivity index (χ4v) is 7.31. The van der Waals surface area contributed by atoms with Gasteiger partial charge in [-0.05, 0) is 0 Å². The number of anilines is 1. The van der Waals surface area contributed by atoms with E-state index in [9.17, 15) is 19.5 Å². The van der Waals surface area contributed by atoms with E-state index >= 15 is 0 Å². The Labute approximate surface area is 208 Å². The number of nitrogens with one attached hydrogen (secondary N) is 2. The molecule has 5 rings (SSSR count). The topological polar surface area (TPSA) is 213 Å². The van der Waals surface area contributed by atoms with Crippen molar-refractivity contribution in [3.8, 4) is 0 Å². The summed E-state index contributed by atoms with van der Waals surface area (Å²) >= 11 is 3.44. The highest BCUT2D eigenvalue weighted by Gasteiger charge is 2.56. The molecule has 2 aliphatic rings. The lowest BCUT2D eigenvalue weighted by molar-refractivity contribution is -0.146. The van der Waals surface area contributed by atoms with Crippen LogP contribution in [0.1, 0.15) is 12.1 Å². The average molecular weight is 534 g/mol. The van der Waals surface area contributed by atoms with Gasteiger partial charge in [-0.15, -0.1) is 11.3 Å². The quantitative estimate of drug-likeness (QED) is 0.0703. The number of β-lactam (4-membered cyclic amide) rings is 1. The summed E-state index contributed by atoms with van der Waals surface area (Å²) in [6.07, 6.45) is 3.52. The maximum atomic E-state index is 12.6. The van der Waals surface area contributed by atoms with Crippen molar-refractivity contribution in [3.05, 3.63) is 35.0 Å². The maximum Gasteiger partial charge on any atom is 0.352 e. The molecule has 0 aromatic carbocycles. The number of aromatic amines is 1. The van der Waals surface area contributed by atoms with Crippen molar-refractivity contribution in [2.45, 2.75) is 21.7 Å². The summed E-state index contributed by atoms with van der Waals surface area (Å²) in [5.41, 5.74) is 7.06. The molecule has 0 spiro atoms. The fourth-order valence-electron chi connectivity index (χ4n) is 3.82. The number of nitrogens with two attached hydrogens (primary N) is 1. The number of carbonyl (C=O) groups excluding carboxylic acids is 2. The first-order chi connectivity index (χ1) is 16.8. The Bertz CT molecular complexity index is 1420. The van der Waals surface area contributed by atoms with Gasteiger partial charge in [0.1, 0.15) is 28.8 Å². The molecule has 2 aliphatic heterocycles. The van der Waals surface area contributed by atoms with Gasteiger partial charge in [-0.3, -0.25) is 14.5 Å². The summed E-state index contributed by atoms with van der Waals surface area (Å²) in [5, 5.41) is 26.3. The van der Waals surface area contributed by atoms with Gasteiger partial charge < -0.3 is 26.3 Å². The molecular weight excluding hydrogens is 518 g/mol. The number of thioether (sulfide) groups is 2. The second kappa shape index (κ2) is 8.82. The molecule has 17 heteroatoms. The lowest BCUT2D eigenvalue weighted by Gasteiger charge is -2.51. The smallest absolute Gasteiger partial charge is 0.352 e. The molecule has 0 radical (unpaired) electrons. The molecule has 0 saturated carbocycles. The first-order valence-corrected chi connectivity index (χ1v) is 12.5. The minimum absolute atomic E-state index is 0.00968. The molecule has 2 atom stereocenters. The fraction of sp³-hybridized carbons (Fsp3) is 0.222. The monoisotopic (exact) mass is 533 g/mol. The minimum Gasteiger partial charge on any atom is -0.477 e. The molecule has 2 amide bonds. The molecule has 1 unspecified atom stereocenters. The predicted molar refractivity (Wildman–Crippen MR) is 127 cm³/mol. The third kappa shape index (κ3) is 3.86. The largest absolute Gasteiger partial charge is 0.477 e. The third-order valence-corrected chi connectivity index (χ3v) is 8.52. The maximum absolute atomic E-state index is 12.6. The van der Waals surface area contributed by atoms with Gasteiger partial charge in [-0.1, -0.05) is 28.7 Å². The van der Waals surface area contributed by atoms with Crippen LogP contribution in [0.5, 0.6) is 0 Å². The summed E-state index contributed by atoms with van der Waals surface area (Å²) in [7, 11) is 0. The van der Waals surface area contributed by atoms with Crippen molar-refractivity contribution in [1.29, 1.82) is 0 Å². The van der Waals surface area contributed by atoms with Crippen molar-refractivity contribution in [3.63, 3.8) is 0 Å².